The molecule has 21 aromatic rings. The number of rotatable bonds is 14. The molecule has 0 aromatic heterocycles. The predicted molar refractivity (Wildman–Crippen MR) is 489 cm³/mol. The molecule has 2 aliphatic rings. The second-order valence-corrected chi connectivity index (χ2v) is 34.0. The number of ether oxygens (including phenoxy) is 4. The number of fused-ring (bicyclic) bond motifs is 12. The molecule has 14 nitrogen and oxygen atoms in total. The molecule has 0 radical (unpaired) electrons. The monoisotopic (exact) mass is 1590 g/mol. The van der Waals surface area contributed by atoms with Crippen LogP contribution in [0.3, 0.4) is 0 Å². The van der Waals surface area contributed by atoms with E-state index < -0.39 is 23.6 Å². The third kappa shape index (κ3) is 10.3. The summed E-state index contributed by atoms with van der Waals surface area (Å²) >= 11 is 0. The van der Waals surface area contributed by atoms with Gasteiger partial charge in [-0.3, -0.25) is 19.2 Å². The number of phenolic OH excluding ortho intramolecular Hbond substituents is 4. The van der Waals surface area contributed by atoms with Crippen LogP contribution in [0.1, 0.15) is 143 Å². The predicted octanol–water partition coefficient (Wildman–Crippen LogP) is 28.2. The van der Waals surface area contributed by atoms with Crippen LogP contribution < -0.4 is 28.7 Å². The van der Waals surface area contributed by atoms with E-state index in [1.54, 1.807) is 121 Å². The maximum Gasteiger partial charge on any atom is 0.266 e. The number of carbonyl (C=O) groups excluding carboxylic acids is 4. The quantitative estimate of drug-likeness (QED) is 0.0458. The maximum atomic E-state index is 16.0. The van der Waals surface area contributed by atoms with Gasteiger partial charge in [-0.1, -0.05) is 165 Å². The lowest BCUT2D eigenvalue weighted by Crippen LogP contribution is -2.42. The van der Waals surface area contributed by atoms with Crippen LogP contribution in [0.2, 0.25) is 0 Å². The van der Waals surface area contributed by atoms with Crippen molar-refractivity contribution in [1.82, 2.24) is 0 Å². The fourth-order valence-electron chi connectivity index (χ4n) is 20.2. The Bertz CT molecular complexity index is 7320. The van der Waals surface area contributed by atoms with Crippen molar-refractivity contribution in [1.29, 1.82) is 0 Å². The minimum absolute atomic E-state index is 0.0489. The van der Waals surface area contributed by atoms with Gasteiger partial charge in [-0.25, -0.2) is 9.80 Å². The van der Waals surface area contributed by atoms with Crippen molar-refractivity contribution in [3.05, 3.63) is 299 Å². The minimum atomic E-state index is -0.485. The zero-order valence-corrected chi connectivity index (χ0v) is 67.5. The van der Waals surface area contributed by atoms with E-state index in [-0.39, 0.29) is 68.9 Å². The number of imide groups is 2. The Kier molecular flexibility index (Phi) is 15.4. The van der Waals surface area contributed by atoms with E-state index in [2.05, 4.69) is 152 Å². The highest BCUT2D eigenvalue weighted by Gasteiger charge is 2.43. The Morgan fingerprint density at radius 3 is 0.656 bits per heavy atom. The Morgan fingerprint density at radius 2 is 0.434 bits per heavy atom. The van der Waals surface area contributed by atoms with Crippen LogP contribution in [-0.4, -0.2) is 44.1 Å². The molecule has 23 rings (SSSR count). The Morgan fingerprint density at radius 1 is 0.221 bits per heavy atom. The molecule has 14 heteroatoms. The van der Waals surface area contributed by atoms with Gasteiger partial charge in [0.25, 0.3) is 23.6 Å². The minimum Gasteiger partial charge on any atom is -0.508 e. The number of para-hydroxylation sites is 2. The number of phenols is 4. The van der Waals surface area contributed by atoms with Crippen LogP contribution in [0.5, 0.6) is 69.0 Å². The van der Waals surface area contributed by atoms with E-state index in [1.807, 2.05) is 36.4 Å². The first kappa shape index (κ1) is 72.0. The molecule has 4 amide bonds. The number of amides is 4. The first-order valence-corrected chi connectivity index (χ1v) is 41.3. The number of hydrogen-bond donors (Lipinski definition) is 4. The molecule has 0 spiro atoms. The van der Waals surface area contributed by atoms with E-state index in [4.69, 9.17) is 18.9 Å². The third-order valence-electron chi connectivity index (χ3n) is 25.7. The Labute approximate surface area is 697 Å². The van der Waals surface area contributed by atoms with Gasteiger partial charge in [-0.05, 0) is 299 Å². The van der Waals surface area contributed by atoms with Crippen molar-refractivity contribution in [2.75, 3.05) is 9.80 Å². The van der Waals surface area contributed by atoms with Crippen molar-refractivity contribution in [3.8, 4) is 69.0 Å². The second kappa shape index (κ2) is 26.1. The highest BCUT2D eigenvalue weighted by Crippen LogP contribution is 2.59. The summed E-state index contributed by atoms with van der Waals surface area (Å²) in [6.07, 6.45) is 0. The molecule has 0 fully saturated rings. The fourth-order valence-corrected chi connectivity index (χ4v) is 20.2. The van der Waals surface area contributed by atoms with Crippen molar-refractivity contribution in [2.45, 2.75) is 79.1 Å². The highest BCUT2D eigenvalue weighted by atomic mass is 16.5. The molecule has 0 atom stereocenters. The second-order valence-electron chi connectivity index (χ2n) is 34.0. The lowest BCUT2D eigenvalue weighted by molar-refractivity contribution is 0.0877. The van der Waals surface area contributed by atoms with Gasteiger partial charge in [-0.15, -0.1) is 0 Å². The molecule has 588 valence electrons. The number of hydrogen-bond acceptors (Lipinski definition) is 12. The van der Waals surface area contributed by atoms with Crippen molar-refractivity contribution in [2.24, 2.45) is 0 Å². The van der Waals surface area contributed by atoms with Crippen molar-refractivity contribution >= 4 is 186 Å². The molecule has 4 N–H and O–H groups in total. The van der Waals surface area contributed by atoms with E-state index in [0.717, 1.165) is 130 Å². The summed E-state index contributed by atoms with van der Waals surface area (Å²) in [7, 11) is 0. The molecule has 0 saturated heterocycles. The van der Waals surface area contributed by atoms with Crippen LogP contribution in [0.15, 0.2) is 255 Å². The SMILES string of the molecule is CC(C)c1cccc(C(C)C)c1N1C(=O)c2cc(Oc3ccc(O)cc3)c3c4ccc5c6cc7ccc8cc9c(cc8ccc7cc6c6ccc(c7c(Oc8ccc(O)cc8)cc(c2c37)C1=O)c4c56)c1ccc2c3c(Oc4ccc(O)cc4)cc4c5c(cc(Oc6ccc(O)cc6)c(c6ccc9c1c62)c53)C(=O)N(c1c(C(C)C)cccc1C(C)C)C4=O. The van der Waals surface area contributed by atoms with Crippen molar-refractivity contribution in [3.63, 3.8) is 0 Å². The molecule has 21 aromatic carbocycles. The standard InChI is InChI=1S/C108H74N2O12/c1-51(2)67-11-9-12-68(52(3)4)103(67)109-105(115)83-47-87(119-63-27-19-59(111)20-28-63)97-75-39-35-71-79-43-55-15-17-57-45-81-73-37-41-77-94-78(42-38-74(92(73)94)82(81)46-58(57)18-16-56(55)44-80(79)72-36-40-76(93(75)91(71)72)98-88(120-64-29-21-60(112)22-30-64)48-84(106(109)116)95(83)101(97)98)100-90(122-66-33-25-62(114)26-34-66)50-86-96-85(49-89(99(77)102(96)100)121-65-31-23-61(113)24-32-65)107(117)110(108(86)118)104-69(53(5)6)13-10-14-70(104)54(7)8/h9-54,111-114H,1-8H3. The molecule has 122 heavy (non-hydrogen) atoms. The van der Waals surface area contributed by atoms with E-state index >= 15 is 19.2 Å². The molecule has 2 heterocycles. The first-order chi connectivity index (χ1) is 59.1. The molecular formula is C108H74N2O12. The number of anilines is 2. The summed E-state index contributed by atoms with van der Waals surface area (Å²) in [5.74, 6) is 1.24. The summed E-state index contributed by atoms with van der Waals surface area (Å²) in [6.45, 7) is 16.5. The highest BCUT2D eigenvalue weighted by molar-refractivity contribution is 6.50. The maximum absolute atomic E-state index is 16.0. The zero-order chi connectivity index (χ0) is 83.2. The molecule has 0 bridgehead atoms. The van der Waals surface area contributed by atoms with Crippen molar-refractivity contribution < 1.29 is 58.6 Å². The molecule has 0 unspecified atom stereocenters. The average Bonchev–Trinajstić information content (AvgIpc) is 1.28. The fraction of sp³-hybridized carbons (Fsp3) is 0.111. The van der Waals surface area contributed by atoms with Crippen LogP contribution in [0.25, 0.3) is 151 Å². The van der Waals surface area contributed by atoms with Gasteiger partial charge in [0, 0.05) is 43.1 Å². The van der Waals surface area contributed by atoms with Crippen LogP contribution in [0.4, 0.5) is 11.4 Å². The van der Waals surface area contributed by atoms with Gasteiger partial charge < -0.3 is 39.4 Å². The van der Waals surface area contributed by atoms with E-state index in [0.29, 0.717) is 100 Å². The van der Waals surface area contributed by atoms with Gasteiger partial charge in [0.2, 0.25) is 0 Å². The number of benzene rings is 18. The summed E-state index contributed by atoms with van der Waals surface area (Å²) in [6, 6.07) is 80.3. The van der Waals surface area contributed by atoms with E-state index in [1.165, 1.54) is 9.80 Å². The smallest absolute Gasteiger partial charge is 0.266 e. The van der Waals surface area contributed by atoms with Gasteiger partial charge in [0.15, 0.2) is 0 Å². The third-order valence-corrected chi connectivity index (χ3v) is 25.7. The largest absolute Gasteiger partial charge is 0.508 e. The average molecular weight is 1590 g/mol. The number of aromatic hydroxyl groups is 4. The lowest BCUT2D eigenvalue weighted by atomic mass is 9.82. The molecular weight excluding hydrogens is 1520 g/mol. The topological polar surface area (TPSA) is 193 Å². The summed E-state index contributed by atoms with van der Waals surface area (Å²) in [4.78, 5) is 66.6. The first-order valence-electron chi connectivity index (χ1n) is 41.3. The van der Waals surface area contributed by atoms with Crippen LogP contribution in [0, 0.1) is 0 Å². The van der Waals surface area contributed by atoms with Gasteiger partial charge in [0.05, 0.1) is 33.6 Å². The molecule has 0 aliphatic carbocycles. The molecule has 2 aliphatic heterocycles. The molecule has 0 saturated carbocycles. The number of nitrogens with zero attached hydrogens (tertiary/aromatic N) is 2. The van der Waals surface area contributed by atoms with Crippen LogP contribution >= 0.6 is 0 Å². The Balaban J connectivity index is 0.730. The Hall–Kier alpha value is -15.3. The van der Waals surface area contributed by atoms with Gasteiger partial charge >= 0.3 is 0 Å². The summed E-state index contributed by atoms with van der Waals surface area (Å²) in [5, 5.41) is 66.8. The normalized spacial score (nSPS) is 13.4. The zero-order valence-electron chi connectivity index (χ0n) is 67.5. The summed E-state index contributed by atoms with van der Waals surface area (Å²) < 4.78 is 28.3. The summed E-state index contributed by atoms with van der Waals surface area (Å²) in [5.41, 5.74) is 5.68. The van der Waals surface area contributed by atoms with Crippen LogP contribution in [-0.2, 0) is 0 Å². The van der Waals surface area contributed by atoms with Gasteiger partial charge in [-0.2, -0.15) is 0 Å². The number of carbonyl (C=O) groups is 4. The lowest BCUT2D eigenvalue weighted by Gasteiger charge is -2.33. The van der Waals surface area contributed by atoms with E-state index in [9.17, 15) is 20.4 Å². The van der Waals surface area contributed by atoms with Gasteiger partial charge in [0.1, 0.15) is 69.0 Å².